The maximum absolute atomic E-state index is 11.4. The fraction of sp³-hybridized carbons (Fsp3) is 0.167. The summed E-state index contributed by atoms with van der Waals surface area (Å²) in [5.74, 6) is 0.540. The lowest BCUT2D eigenvalue weighted by atomic mass is 10.1. The van der Waals surface area contributed by atoms with Crippen LogP contribution in [0.5, 0.6) is 11.5 Å². The van der Waals surface area contributed by atoms with Gasteiger partial charge < -0.3 is 9.47 Å². The summed E-state index contributed by atoms with van der Waals surface area (Å²) >= 11 is 0. The van der Waals surface area contributed by atoms with Crippen molar-refractivity contribution in [3.05, 3.63) is 54.2 Å². The van der Waals surface area contributed by atoms with E-state index >= 15 is 0 Å². The highest BCUT2D eigenvalue weighted by atomic mass is 16.5. The van der Waals surface area contributed by atoms with Crippen molar-refractivity contribution < 1.29 is 14.3 Å². The van der Waals surface area contributed by atoms with E-state index in [-0.39, 0.29) is 0 Å². The third-order valence-corrected chi connectivity index (χ3v) is 3.51. The van der Waals surface area contributed by atoms with E-state index in [9.17, 15) is 4.79 Å². The van der Waals surface area contributed by atoms with Gasteiger partial charge in [0.2, 0.25) is 0 Å². The van der Waals surface area contributed by atoms with Gasteiger partial charge in [-0.05, 0) is 31.2 Å². The van der Waals surface area contributed by atoms with Crippen LogP contribution in [0.4, 0.5) is 0 Å². The highest BCUT2D eigenvalue weighted by molar-refractivity contribution is 5.78. The normalized spacial score (nSPS) is 10.5. The molecule has 24 heavy (non-hydrogen) atoms. The highest BCUT2D eigenvalue weighted by Gasteiger charge is 2.17. The minimum Gasteiger partial charge on any atom is -0.496 e. The number of esters is 1. The summed E-state index contributed by atoms with van der Waals surface area (Å²) < 4.78 is 12.3. The summed E-state index contributed by atoms with van der Waals surface area (Å²) in [6, 6.07) is 13.2. The van der Waals surface area contributed by atoms with E-state index in [1.807, 2.05) is 31.2 Å². The first-order valence-electron chi connectivity index (χ1n) is 7.43. The number of hydrogen-bond donors (Lipinski definition) is 0. The molecule has 0 aliphatic rings. The van der Waals surface area contributed by atoms with Gasteiger partial charge >= 0.3 is 5.97 Å². The molecule has 0 aliphatic carbocycles. The monoisotopic (exact) mass is 323 g/mol. The molecule has 1 aromatic heterocycles. The smallest absolute Gasteiger partial charge is 0.308 e. The Hall–Kier alpha value is -3.15. The summed E-state index contributed by atoms with van der Waals surface area (Å²) in [4.78, 5) is 11.4. The number of nitrogens with zero attached hydrogens (tertiary/aromatic N) is 3. The molecule has 0 saturated heterocycles. The Morgan fingerprint density at radius 2 is 1.79 bits per heavy atom. The molecule has 0 fully saturated rings. The van der Waals surface area contributed by atoms with Crippen molar-refractivity contribution >= 4 is 5.97 Å². The molecule has 0 N–H and O–H groups in total. The maximum Gasteiger partial charge on any atom is 0.308 e. The van der Waals surface area contributed by atoms with E-state index in [1.165, 1.54) is 12.5 Å². The standard InChI is InChI=1S/C18H17N3O3/c1-12-7-9-14(10-8-12)21-11-15(19-20-21)18-16(23-3)5-4-6-17(18)24-13(2)22/h4-11H,1-3H3. The second-order valence-electron chi connectivity index (χ2n) is 5.31. The molecule has 0 spiro atoms. The lowest BCUT2D eigenvalue weighted by Crippen LogP contribution is -2.03. The van der Waals surface area contributed by atoms with Gasteiger partial charge in [-0.2, -0.15) is 0 Å². The zero-order valence-corrected chi connectivity index (χ0v) is 13.7. The number of aryl methyl sites for hydroxylation is 1. The Morgan fingerprint density at radius 3 is 2.46 bits per heavy atom. The van der Waals surface area contributed by atoms with Crippen LogP contribution in [0.3, 0.4) is 0 Å². The van der Waals surface area contributed by atoms with Crippen LogP contribution in [0.15, 0.2) is 48.7 Å². The molecule has 6 heteroatoms. The van der Waals surface area contributed by atoms with Crippen LogP contribution < -0.4 is 9.47 Å². The molecule has 6 nitrogen and oxygen atoms in total. The van der Waals surface area contributed by atoms with Crippen molar-refractivity contribution in [2.75, 3.05) is 7.11 Å². The minimum absolute atomic E-state index is 0.387. The second-order valence-corrected chi connectivity index (χ2v) is 5.31. The SMILES string of the molecule is COc1cccc(OC(C)=O)c1-c1cn(-c2ccc(C)cc2)nn1. The van der Waals surface area contributed by atoms with Crippen molar-refractivity contribution in [1.29, 1.82) is 0 Å². The number of rotatable bonds is 4. The molecule has 3 rings (SSSR count). The molecule has 122 valence electrons. The summed E-state index contributed by atoms with van der Waals surface area (Å²) in [5.41, 5.74) is 3.21. The Labute approximate surface area is 139 Å². The topological polar surface area (TPSA) is 66.2 Å². The fourth-order valence-electron chi connectivity index (χ4n) is 2.38. The Bertz CT molecular complexity index is 869. The number of carbonyl (C=O) groups excluding carboxylic acids is 1. The number of ether oxygens (including phenoxy) is 2. The van der Waals surface area contributed by atoms with Gasteiger partial charge in [0.25, 0.3) is 0 Å². The van der Waals surface area contributed by atoms with Gasteiger partial charge in [0.15, 0.2) is 0 Å². The first kappa shape index (κ1) is 15.7. The van der Waals surface area contributed by atoms with Crippen molar-refractivity contribution in [1.82, 2.24) is 15.0 Å². The number of benzene rings is 2. The van der Waals surface area contributed by atoms with E-state index in [0.29, 0.717) is 22.8 Å². The van der Waals surface area contributed by atoms with Gasteiger partial charge in [0.05, 0.1) is 24.6 Å². The van der Waals surface area contributed by atoms with E-state index in [2.05, 4.69) is 10.3 Å². The molecule has 0 unspecified atom stereocenters. The molecule has 1 heterocycles. The molecular weight excluding hydrogens is 306 g/mol. The van der Waals surface area contributed by atoms with E-state index in [0.717, 1.165) is 5.69 Å². The minimum atomic E-state index is -0.407. The third-order valence-electron chi connectivity index (χ3n) is 3.51. The Kier molecular flexibility index (Phi) is 4.29. The van der Waals surface area contributed by atoms with Gasteiger partial charge in [0.1, 0.15) is 17.2 Å². The first-order chi connectivity index (χ1) is 11.6. The number of carbonyl (C=O) groups is 1. The summed E-state index contributed by atoms with van der Waals surface area (Å²) in [6.45, 7) is 3.38. The van der Waals surface area contributed by atoms with Crippen LogP contribution in [0, 0.1) is 6.92 Å². The van der Waals surface area contributed by atoms with Crippen molar-refractivity contribution in [2.24, 2.45) is 0 Å². The second kappa shape index (κ2) is 6.54. The molecule has 2 aromatic carbocycles. The van der Waals surface area contributed by atoms with E-state index in [1.54, 1.807) is 36.2 Å². The van der Waals surface area contributed by atoms with Crippen molar-refractivity contribution in [3.8, 4) is 28.4 Å². The molecule has 0 radical (unpaired) electrons. The van der Waals surface area contributed by atoms with Gasteiger partial charge in [-0.15, -0.1) is 5.10 Å². The van der Waals surface area contributed by atoms with Crippen LogP contribution in [-0.4, -0.2) is 28.1 Å². The number of methoxy groups -OCH3 is 1. The number of hydrogen-bond acceptors (Lipinski definition) is 5. The van der Waals surface area contributed by atoms with E-state index in [4.69, 9.17) is 9.47 Å². The average Bonchev–Trinajstić information content (AvgIpc) is 3.04. The van der Waals surface area contributed by atoms with Gasteiger partial charge in [-0.3, -0.25) is 4.79 Å². The van der Waals surface area contributed by atoms with Gasteiger partial charge in [-0.1, -0.05) is 29.0 Å². The summed E-state index contributed by atoms with van der Waals surface area (Å²) in [6.07, 6.45) is 1.77. The predicted octanol–water partition coefficient (Wildman–Crippen LogP) is 3.18. The van der Waals surface area contributed by atoms with Crippen LogP contribution in [0.2, 0.25) is 0 Å². The molecular formula is C18H17N3O3. The van der Waals surface area contributed by atoms with Crippen molar-refractivity contribution in [2.45, 2.75) is 13.8 Å². The molecule has 0 amide bonds. The average molecular weight is 323 g/mol. The summed E-state index contributed by atoms with van der Waals surface area (Å²) in [7, 11) is 1.56. The lowest BCUT2D eigenvalue weighted by Gasteiger charge is -2.10. The van der Waals surface area contributed by atoms with Crippen LogP contribution in [-0.2, 0) is 4.79 Å². The van der Waals surface area contributed by atoms with Crippen LogP contribution in [0.25, 0.3) is 16.9 Å². The maximum atomic E-state index is 11.4. The van der Waals surface area contributed by atoms with E-state index < -0.39 is 5.97 Å². The first-order valence-corrected chi connectivity index (χ1v) is 7.43. The lowest BCUT2D eigenvalue weighted by molar-refractivity contribution is -0.131. The fourth-order valence-corrected chi connectivity index (χ4v) is 2.38. The third kappa shape index (κ3) is 3.12. The predicted molar refractivity (Wildman–Crippen MR) is 89.4 cm³/mol. The molecule has 0 bridgehead atoms. The molecule has 3 aromatic rings. The Balaban J connectivity index is 2.06. The molecule has 0 atom stereocenters. The highest BCUT2D eigenvalue weighted by Crippen LogP contribution is 2.37. The van der Waals surface area contributed by atoms with Gasteiger partial charge in [-0.25, -0.2) is 4.68 Å². The van der Waals surface area contributed by atoms with Crippen LogP contribution >= 0.6 is 0 Å². The largest absolute Gasteiger partial charge is 0.496 e. The molecule has 0 aliphatic heterocycles. The van der Waals surface area contributed by atoms with Crippen molar-refractivity contribution in [3.63, 3.8) is 0 Å². The van der Waals surface area contributed by atoms with Crippen LogP contribution in [0.1, 0.15) is 12.5 Å². The quantitative estimate of drug-likeness (QED) is 0.545. The summed E-state index contributed by atoms with van der Waals surface area (Å²) in [5, 5.41) is 8.36. The number of aromatic nitrogens is 3. The zero-order chi connectivity index (χ0) is 17.1. The molecule has 0 saturated carbocycles. The van der Waals surface area contributed by atoms with Gasteiger partial charge in [0, 0.05) is 6.92 Å². The zero-order valence-electron chi connectivity index (χ0n) is 13.7. The Morgan fingerprint density at radius 1 is 1.08 bits per heavy atom.